The van der Waals surface area contributed by atoms with Gasteiger partial charge >= 0.3 is 0 Å². The van der Waals surface area contributed by atoms with Gasteiger partial charge in [-0.2, -0.15) is 0 Å². The number of nitrogens with one attached hydrogen (secondary N) is 1. The summed E-state index contributed by atoms with van der Waals surface area (Å²) in [5.74, 6) is 6.55. The summed E-state index contributed by atoms with van der Waals surface area (Å²) in [4.78, 5) is 31.5. The number of piperidine rings is 1. The third-order valence-corrected chi connectivity index (χ3v) is 8.09. The van der Waals surface area contributed by atoms with E-state index in [9.17, 15) is 14.7 Å². The van der Waals surface area contributed by atoms with Crippen molar-refractivity contribution >= 4 is 28.4 Å². The molecule has 3 aromatic rings. The molecular weight excluding hydrogens is 540 g/mol. The van der Waals surface area contributed by atoms with Crippen molar-refractivity contribution in [3.8, 4) is 11.8 Å². The van der Waals surface area contributed by atoms with Gasteiger partial charge in [0.05, 0.1) is 25.3 Å². The number of amides is 1. The van der Waals surface area contributed by atoms with E-state index in [1.165, 1.54) is 0 Å². The average Bonchev–Trinajstić information content (AvgIpc) is 2.99. The van der Waals surface area contributed by atoms with E-state index in [-0.39, 0.29) is 17.6 Å². The van der Waals surface area contributed by atoms with Crippen molar-refractivity contribution in [3.05, 3.63) is 80.1 Å². The Morgan fingerprint density at radius 3 is 2.66 bits per heavy atom. The number of hydrogen-bond acceptors (Lipinski definition) is 6. The number of rotatable bonds is 7. The normalized spacial score (nSPS) is 18.2. The number of morpholine rings is 1. The highest BCUT2D eigenvalue weighted by Crippen LogP contribution is 2.21. The van der Waals surface area contributed by atoms with Gasteiger partial charge < -0.3 is 19.7 Å². The third kappa shape index (κ3) is 7.37. The van der Waals surface area contributed by atoms with Crippen molar-refractivity contribution < 1.29 is 14.6 Å². The first-order valence-electron chi connectivity index (χ1n) is 14.2. The molecule has 2 aliphatic heterocycles. The molecule has 0 radical (unpaired) electrons. The molecule has 2 aromatic carbocycles. The number of aliphatic hydroxyl groups excluding tert-OH is 1. The Bertz CT molecular complexity index is 1500. The molecule has 2 saturated heterocycles. The number of nitrogens with zero attached hydrogens (tertiary/aromatic N) is 3. The number of aliphatic hydroxyl groups is 1. The van der Waals surface area contributed by atoms with E-state index < -0.39 is 5.91 Å². The van der Waals surface area contributed by atoms with Crippen LogP contribution in [0.25, 0.3) is 10.9 Å². The molecule has 1 atom stereocenters. The Hall–Kier alpha value is -3.19. The summed E-state index contributed by atoms with van der Waals surface area (Å²) in [7, 11) is 1.85. The Balaban J connectivity index is 1.46. The Morgan fingerprint density at radius 2 is 1.90 bits per heavy atom. The standard InChI is InChI=1S/C32H37ClN4O4/c1-35-21-29(32(40)34-18-23-6-8-27(33)9-7-23)31(39)28-17-25(20-37-12-14-41-15-13-37)16-26(30(28)35)5-3-11-36-10-2-4-24(19-36)22-38/h6-9,16-17,21,24,38H,2,4,10-15,18-20,22H2,1H3,(H,34,40)/t24-/m0/s1. The van der Waals surface area contributed by atoms with E-state index in [1.54, 1.807) is 18.3 Å². The van der Waals surface area contributed by atoms with E-state index in [4.69, 9.17) is 16.3 Å². The van der Waals surface area contributed by atoms with Gasteiger partial charge in [0.2, 0.25) is 5.43 Å². The number of carbonyl (C=O) groups is 1. The highest BCUT2D eigenvalue weighted by Gasteiger charge is 2.20. The van der Waals surface area contributed by atoms with Crippen LogP contribution >= 0.6 is 11.6 Å². The molecule has 8 nitrogen and oxygen atoms in total. The predicted molar refractivity (Wildman–Crippen MR) is 161 cm³/mol. The number of fused-ring (bicyclic) bond motifs is 1. The maximum atomic E-state index is 13.8. The van der Waals surface area contributed by atoms with Crippen LogP contribution in [0, 0.1) is 17.8 Å². The lowest BCUT2D eigenvalue weighted by Crippen LogP contribution is -2.36. The largest absolute Gasteiger partial charge is 0.396 e. The summed E-state index contributed by atoms with van der Waals surface area (Å²) >= 11 is 5.97. The first-order valence-corrected chi connectivity index (χ1v) is 14.6. The number of pyridine rings is 1. The first kappa shape index (κ1) is 29.3. The monoisotopic (exact) mass is 576 g/mol. The van der Waals surface area contributed by atoms with Crippen molar-refractivity contribution in [2.75, 3.05) is 52.5 Å². The van der Waals surface area contributed by atoms with E-state index in [1.807, 2.05) is 29.8 Å². The molecule has 0 saturated carbocycles. The maximum absolute atomic E-state index is 13.8. The topological polar surface area (TPSA) is 87.0 Å². The lowest BCUT2D eigenvalue weighted by molar-refractivity contribution is 0.0342. The number of halogens is 1. The zero-order valence-electron chi connectivity index (χ0n) is 23.5. The van der Waals surface area contributed by atoms with Crippen molar-refractivity contribution in [2.24, 2.45) is 13.0 Å². The predicted octanol–water partition coefficient (Wildman–Crippen LogP) is 3.01. The molecule has 41 heavy (non-hydrogen) atoms. The molecule has 3 heterocycles. The molecule has 216 valence electrons. The molecule has 2 fully saturated rings. The molecule has 2 N–H and O–H groups in total. The summed E-state index contributed by atoms with van der Waals surface area (Å²) in [6.07, 6.45) is 3.71. The van der Waals surface area contributed by atoms with Crippen LogP contribution in [0.1, 0.15) is 39.9 Å². The fourth-order valence-electron chi connectivity index (χ4n) is 5.65. The molecule has 1 aromatic heterocycles. The fraction of sp³-hybridized carbons (Fsp3) is 0.438. The highest BCUT2D eigenvalue weighted by molar-refractivity contribution is 6.30. The van der Waals surface area contributed by atoms with Crippen molar-refractivity contribution in [1.29, 1.82) is 0 Å². The van der Waals surface area contributed by atoms with Crippen LogP contribution in [0.15, 0.2) is 47.4 Å². The Labute approximate surface area is 245 Å². The van der Waals surface area contributed by atoms with Crippen LogP contribution < -0.4 is 10.7 Å². The van der Waals surface area contributed by atoms with Gasteiger partial charge in [-0.1, -0.05) is 35.6 Å². The van der Waals surface area contributed by atoms with Crippen LogP contribution in [-0.2, 0) is 24.9 Å². The van der Waals surface area contributed by atoms with Gasteiger partial charge in [-0.15, -0.1) is 0 Å². The van der Waals surface area contributed by atoms with Crippen LogP contribution in [0.2, 0.25) is 5.02 Å². The molecule has 2 aliphatic rings. The summed E-state index contributed by atoms with van der Waals surface area (Å²) in [5, 5.41) is 13.6. The van der Waals surface area contributed by atoms with Gasteiger partial charge in [-0.25, -0.2) is 0 Å². The molecule has 9 heteroatoms. The van der Waals surface area contributed by atoms with Gasteiger partial charge in [-0.05, 0) is 60.7 Å². The number of benzene rings is 2. The minimum Gasteiger partial charge on any atom is -0.396 e. The van der Waals surface area contributed by atoms with E-state index in [0.29, 0.717) is 54.7 Å². The fourth-order valence-corrected chi connectivity index (χ4v) is 5.77. The number of aryl methyl sites for hydroxylation is 1. The molecule has 0 unspecified atom stereocenters. The van der Waals surface area contributed by atoms with Crippen LogP contribution in [0.3, 0.4) is 0 Å². The van der Waals surface area contributed by atoms with Crippen LogP contribution in [0.4, 0.5) is 0 Å². The minimum atomic E-state index is -0.419. The highest BCUT2D eigenvalue weighted by atomic mass is 35.5. The third-order valence-electron chi connectivity index (χ3n) is 7.84. The second kappa shape index (κ2) is 13.6. The van der Waals surface area contributed by atoms with Crippen molar-refractivity contribution in [3.63, 3.8) is 0 Å². The summed E-state index contributed by atoms with van der Waals surface area (Å²) in [6, 6.07) is 11.2. The van der Waals surface area contributed by atoms with Gasteiger partial charge in [0, 0.05) is 68.5 Å². The second-order valence-electron chi connectivity index (χ2n) is 10.9. The number of ether oxygens (including phenoxy) is 1. The van der Waals surface area contributed by atoms with Gasteiger partial charge in [0.15, 0.2) is 0 Å². The molecule has 0 aliphatic carbocycles. The maximum Gasteiger partial charge on any atom is 0.257 e. The van der Waals surface area contributed by atoms with Crippen molar-refractivity contribution in [2.45, 2.75) is 25.9 Å². The molecule has 0 spiro atoms. The lowest BCUT2D eigenvalue weighted by Gasteiger charge is -2.30. The summed E-state index contributed by atoms with van der Waals surface area (Å²) in [6.45, 7) is 6.60. The lowest BCUT2D eigenvalue weighted by atomic mass is 9.99. The van der Waals surface area contributed by atoms with Gasteiger partial charge in [-0.3, -0.25) is 19.4 Å². The zero-order valence-corrected chi connectivity index (χ0v) is 24.3. The van der Waals surface area contributed by atoms with Crippen LogP contribution in [-0.4, -0.2) is 77.9 Å². The average molecular weight is 577 g/mol. The number of hydrogen-bond donors (Lipinski definition) is 2. The Morgan fingerprint density at radius 1 is 1.12 bits per heavy atom. The molecular formula is C32H37ClN4O4. The molecule has 0 bridgehead atoms. The zero-order chi connectivity index (χ0) is 28.8. The first-order chi connectivity index (χ1) is 19.9. The van der Waals surface area contributed by atoms with Crippen LogP contribution in [0.5, 0.6) is 0 Å². The van der Waals surface area contributed by atoms with E-state index in [0.717, 1.165) is 55.7 Å². The molecule has 1 amide bonds. The summed E-state index contributed by atoms with van der Waals surface area (Å²) in [5.41, 5.74) is 3.16. The minimum absolute atomic E-state index is 0.0970. The van der Waals surface area contributed by atoms with E-state index in [2.05, 4.69) is 33.0 Å². The smallest absolute Gasteiger partial charge is 0.257 e. The Kier molecular flexibility index (Phi) is 9.76. The van der Waals surface area contributed by atoms with Gasteiger partial charge in [0.1, 0.15) is 5.56 Å². The summed E-state index contributed by atoms with van der Waals surface area (Å²) < 4.78 is 7.34. The number of aromatic nitrogens is 1. The SMILES string of the molecule is Cn1cc(C(=O)NCc2ccc(Cl)cc2)c(=O)c2cc(CN3CCOCC3)cc(C#CCN3CCC[C@H](CO)C3)c21. The number of likely N-dealkylation sites (tertiary alicyclic amines) is 1. The second-order valence-corrected chi connectivity index (χ2v) is 11.4. The van der Waals surface area contributed by atoms with Crippen molar-refractivity contribution in [1.82, 2.24) is 19.7 Å². The van der Waals surface area contributed by atoms with E-state index >= 15 is 0 Å². The van der Waals surface area contributed by atoms with Gasteiger partial charge in [0.25, 0.3) is 5.91 Å². The quantitative estimate of drug-likeness (QED) is 0.421. The number of carbonyl (C=O) groups excluding carboxylic acids is 1. The molecule has 5 rings (SSSR count).